The topological polar surface area (TPSA) is 0 Å². The van der Waals surface area contributed by atoms with Gasteiger partial charge in [0.05, 0.1) is 0 Å². The van der Waals surface area contributed by atoms with Gasteiger partial charge in [0.2, 0.25) is 0 Å². The second-order valence-electron chi connectivity index (χ2n) is 21.2. The van der Waals surface area contributed by atoms with E-state index >= 15 is 0 Å². The summed E-state index contributed by atoms with van der Waals surface area (Å²) < 4.78 is 0. The van der Waals surface area contributed by atoms with Crippen molar-refractivity contribution in [3.05, 3.63) is 203 Å². The van der Waals surface area contributed by atoms with Crippen molar-refractivity contribution in [1.82, 2.24) is 0 Å². The van der Waals surface area contributed by atoms with Crippen molar-refractivity contribution in [2.45, 2.75) is 109 Å². The molecule has 0 fully saturated rings. The van der Waals surface area contributed by atoms with Crippen LogP contribution < -0.4 is 0 Å². The number of unbranched alkanes of at least 4 members (excludes halogenated alkanes) is 4. The van der Waals surface area contributed by atoms with Gasteiger partial charge in [0.25, 0.3) is 0 Å². The molecule has 67 heavy (non-hydrogen) atoms. The van der Waals surface area contributed by atoms with Gasteiger partial charge in [-0.25, -0.2) is 0 Å². The average Bonchev–Trinajstić information content (AvgIpc) is 3.86. The molecule has 0 saturated carbocycles. The Hall–Kier alpha value is -6.50. The van der Waals surface area contributed by atoms with Crippen LogP contribution >= 0.6 is 0 Å². The third kappa shape index (κ3) is 6.24. The van der Waals surface area contributed by atoms with Crippen LogP contribution in [0.2, 0.25) is 0 Å². The maximum Gasteiger partial charge on any atom is 0.0215 e. The summed E-state index contributed by atoms with van der Waals surface area (Å²) in [5.74, 6) is 0. The van der Waals surface area contributed by atoms with Crippen LogP contribution in [0.15, 0.2) is 170 Å². The molecule has 0 unspecified atom stereocenters. The van der Waals surface area contributed by atoms with E-state index in [1.54, 1.807) is 11.1 Å². The Labute approximate surface area is 398 Å². The van der Waals surface area contributed by atoms with Crippen molar-refractivity contribution in [1.29, 1.82) is 0 Å². The Morgan fingerprint density at radius 3 is 1.09 bits per heavy atom. The first kappa shape index (κ1) is 41.9. The molecule has 0 spiro atoms. The van der Waals surface area contributed by atoms with Crippen LogP contribution in [-0.2, 0) is 16.2 Å². The molecule has 0 N–H and O–H groups in total. The van der Waals surface area contributed by atoms with Gasteiger partial charge in [0.15, 0.2) is 0 Å². The normalized spacial score (nSPS) is 15.3. The number of benzene rings is 9. The lowest BCUT2D eigenvalue weighted by molar-refractivity contribution is 0.405. The monoisotopic (exact) mass is 866 g/mol. The van der Waals surface area contributed by atoms with E-state index in [0.717, 1.165) is 0 Å². The highest BCUT2D eigenvalue weighted by Crippen LogP contribution is 2.57. The summed E-state index contributed by atoms with van der Waals surface area (Å²) in [6.07, 6.45) is 9.97. The molecular formula is C67H62. The highest BCUT2D eigenvalue weighted by molar-refractivity contribution is 6.21. The second kappa shape index (κ2) is 15.8. The van der Waals surface area contributed by atoms with Crippen LogP contribution in [0.5, 0.6) is 0 Å². The van der Waals surface area contributed by atoms with Crippen molar-refractivity contribution in [3.8, 4) is 66.8 Å². The summed E-state index contributed by atoms with van der Waals surface area (Å²) in [5.41, 5.74) is 24.8. The smallest absolute Gasteiger partial charge is 0.0215 e. The van der Waals surface area contributed by atoms with Crippen LogP contribution in [-0.4, -0.2) is 0 Å². The van der Waals surface area contributed by atoms with Crippen molar-refractivity contribution in [2.24, 2.45) is 0 Å². The van der Waals surface area contributed by atoms with E-state index in [4.69, 9.17) is 0 Å². The van der Waals surface area contributed by atoms with Crippen molar-refractivity contribution in [3.63, 3.8) is 0 Å². The molecule has 0 atom stereocenters. The van der Waals surface area contributed by atoms with Gasteiger partial charge in [-0.3, -0.25) is 0 Å². The van der Waals surface area contributed by atoms with Crippen LogP contribution in [0.3, 0.4) is 0 Å². The molecule has 9 aromatic rings. The van der Waals surface area contributed by atoms with Crippen LogP contribution in [0.4, 0.5) is 0 Å². The minimum Gasteiger partial charge on any atom is -0.0654 e. The average molecular weight is 867 g/mol. The molecule has 0 radical (unpaired) electrons. The van der Waals surface area contributed by atoms with Crippen LogP contribution in [0, 0.1) is 0 Å². The van der Waals surface area contributed by atoms with Gasteiger partial charge in [-0.2, -0.15) is 0 Å². The summed E-state index contributed by atoms with van der Waals surface area (Å²) in [4.78, 5) is 0. The van der Waals surface area contributed by atoms with Gasteiger partial charge in [-0.05, 0) is 159 Å². The van der Waals surface area contributed by atoms with Gasteiger partial charge < -0.3 is 0 Å². The molecule has 0 aliphatic heterocycles. The van der Waals surface area contributed by atoms with E-state index in [1.807, 2.05) is 0 Å². The van der Waals surface area contributed by atoms with E-state index in [2.05, 4.69) is 211 Å². The quantitative estimate of drug-likeness (QED) is 0.0897. The Balaban J connectivity index is 0.970. The molecule has 0 heteroatoms. The minimum absolute atomic E-state index is 0.0293. The Bertz CT molecular complexity index is 3380. The first-order chi connectivity index (χ1) is 32.7. The van der Waals surface area contributed by atoms with Crippen LogP contribution in [0.25, 0.3) is 88.3 Å². The molecule has 9 aromatic carbocycles. The lowest BCUT2D eigenvalue weighted by atomic mass is 9.70. The predicted molar refractivity (Wildman–Crippen MR) is 287 cm³/mol. The third-order valence-corrected chi connectivity index (χ3v) is 16.8. The lowest BCUT2D eigenvalue weighted by Gasteiger charge is -2.33. The fourth-order valence-corrected chi connectivity index (χ4v) is 13.3. The molecule has 3 aliphatic rings. The standard InChI is InChI=1S/C67H62/c1-7-9-19-37-67(38-20-10-8-2)58-28-18-16-22-48(58)52-36-32-46(42-62(52)67)64-55-25-13-11-23-53(55)63(54-24-12-14-26-56(54)64)45-31-35-51-50-34-30-44(40-60(50)66(5,6)61(51)41-45)43-29-33-49-47-21-15-17-27-57(47)65(3,4)59(49)39-43/h11-18,21-36,39-42H,7-10,19-20,37-38H2,1-6H3. The van der Waals surface area contributed by atoms with Gasteiger partial charge in [-0.1, -0.05) is 226 Å². The number of fused-ring (bicyclic) bond motifs is 11. The third-order valence-electron chi connectivity index (χ3n) is 16.8. The highest BCUT2D eigenvalue weighted by Gasteiger charge is 2.43. The molecular weight excluding hydrogens is 805 g/mol. The number of hydrogen-bond donors (Lipinski definition) is 0. The zero-order valence-electron chi connectivity index (χ0n) is 40.3. The zero-order valence-corrected chi connectivity index (χ0v) is 40.3. The highest BCUT2D eigenvalue weighted by atomic mass is 14.5. The first-order valence-corrected chi connectivity index (χ1v) is 25.4. The van der Waals surface area contributed by atoms with Gasteiger partial charge in [-0.15, -0.1) is 0 Å². The van der Waals surface area contributed by atoms with Crippen molar-refractivity contribution >= 4 is 21.5 Å². The van der Waals surface area contributed by atoms with E-state index in [0.29, 0.717) is 0 Å². The maximum absolute atomic E-state index is 2.63. The molecule has 0 bridgehead atoms. The van der Waals surface area contributed by atoms with E-state index in [-0.39, 0.29) is 16.2 Å². The Morgan fingerprint density at radius 2 is 0.627 bits per heavy atom. The molecule has 3 aliphatic carbocycles. The van der Waals surface area contributed by atoms with Crippen molar-refractivity contribution in [2.75, 3.05) is 0 Å². The van der Waals surface area contributed by atoms with Gasteiger partial charge in [0.1, 0.15) is 0 Å². The maximum atomic E-state index is 2.63. The van der Waals surface area contributed by atoms with Crippen molar-refractivity contribution < 1.29 is 0 Å². The van der Waals surface area contributed by atoms with Gasteiger partial charge >= 0.3 is 0 Å². The van der Waals surface area contributed by atoms with E-state index in [9.17, 15) is 0 Å². The Morgan fingerprint density at radius 1 is 0.299 bits per heavy atom. The number of rotatable bonds is 11. The molecule has 0 nitrogen and oxygen atoms in total. The molecule has 0 amide bonds. The fourth-order valence-electron chi connectivity index (χ4n) is 13.3. The van der Waals surface area contributed by atoms with Crippen LogP contribution in [0.1, 0.15) is 126 Å². The Kier molecular flexibility index (Phi) is 9.88. The summed E-state index contributed by atoms with van der Waals surface area (Å²) in [6.45, 7) is 14.3. The first-order valence-electron chi connectivity index (χ1n) is 25.4. The molecule has 330 valence electrons. The summed E-state index contributed by atoms with van der Waals surface area (Å²) in [7, 11) is 0. The minimum atomic E-state index is -0.169. The molecule has 0 aromatic heterocycles. The number of hydrogen-bond acceptors (Lipinski definition) is 0. The molecule has 12 rings (SSSR count). The molecule has 0 saturated heterocycles. The summed E-state index contributed by atoms with van der Waals surface area (Å²) >= 11 is 0. The van der Waals surface area contributed by atoms with E-state index < -0.39 is 0 Å². The lowest BCUT2D eigenvalue weighted by Crippen LogP contribution is -2.25. The van der Waals surface area contributed by atoms with Gasteiger partial charge in [0, 0.05) is 16.2 Å². The second-order valence-corrected chi connectivity index (χ2v) is 21.2. The fraction of sp³-hybridized carbons (Fsp3) is 0.254. The van der Waals surface area contributed by atoms with E-state index in [1.165, 1.54) is 162 Å². The molecule has 0 heterocycles. The summed E-state index contributed by atoms with van der Waals surface area (Å²) in [6, 6.07) is 66.1. The SMILES string of the molecule is CCCCCC1(CCCCC)c2ccccc2-c2ccc(-c3c4ccccc4c(-c4ccc5c(c4)C(C)(C)c4cc(-c6ccc7c(c6)C(C)(C)c6ccccc6-7)ccc4-5)c4ccccc34)cc21. The zero-order chi connectivity index (χ0) is 45.7. The summed E-state index contributed by atoms with van der Waals surface area (Å²) in [5, 5.41) is 5.27. The largest absolute Gasteiger partial charge is 0.0654 e. The predicted octanol–water partition coefficient (Wildman–Crippen LogP) is 19.0.